The molecule has 1 saturated heterocycles. The number of ether oxygens (including phenoxy) is 2. The molecule has 1 heterocycles. The zero-order chi connectivity index (χ0) is 25.9. The minimum atomic E-state index is -0.821. The maximum absolute atomic E-state index is 13.2. The molecule has 1 unspecified atom stereocenters. The third-order valence-electron chi connectivity index (χ3n) is 5.87. The average molecular weight is 483 g/mol. The number of rotatable bonds is 9. The van der Waals surface area contributed by atoms with Gasteiger partial charge < -0.3 is 29.5 Å². The molecule has 35 heavy (non-hydrogen) atoms. The van der Waals surface area contributed by atoms with E-state index in [-0.39, 0.29) is 28.9 Å². The molecule has 1 fully saturated rings. The van der Waals surface area contributed by atoms with E-state index in [4.69, 9.17) is 9.47 Å². The fourth-order valence-electron chi connectivity index (χ4n) is 4.22. The lowest BCUT2D eigenvalue weighted by Crippen LogP contribution is -2.32. The minimum absolute atomic E-state index is 0.00419. The summed E-state index contributed by atoms with van der Waals surface area (Å²) in [7, 11) is 5.30. The van der Waals surface area contributed by atoms with E-state index in [0.717, 1.165) is 12.1 Å². The number of hydrogen-bond donors (Lipinski definition) is 2. The van der Waals surface area contributed by atoms with Gasteiger partial charge in [0, 0.05) is 12.1 Å². The van der Waals surface area contributed by atoms with Crippen molar-refractivity contribution in [2.75, 3.05) is 34.3 Å². The number of phenolic OH excluding ortho intramolecular Hbond substituents is 1. The first-order valence-electron chi connectivity index (χ1n) is 11.6. The topological polar surface area (TPSA) is 99.5 Å². The fourth-order valence-corrected chi connectivity index (χ4v) is 4.22. The molecular weight excluding hydrogens is 448 g/mol. The highest BCUT2D eigenvalue weighted by Gasteiger charge is 2.46. The molecule has 1 aliphatic heterocycles. The molecule has 2 N–H and O–H groups in total. The molecule has 1 atom stereocenters. The molecule has 0 aliphatic carbocycles. The Balaban J connectivity index is 2.12. The number of aliphatic hydroxyl groups is 1. The SMILES string of the molecule is COc1cc(C2/C(=C(/O)c3ccc(OC(C)C)c(C)c3)C(=O)C(=O)N2CCCN(C)C)ccc1O. The van der Waals surface area contributed by atoms with Crippen LogP contribution in [0.15, 0.2) is 42.0 Å². The second kappa shape index (κ2) is 10.8. The lowest BCUT2D eigenvalue weighted by atomic mass is 9.94. The molecule has 3 rings (SSSR count). The third-order valence-corrected chi connectivity index (χ3v) is 5.87. The molecule has 8 heteroatoms. The molecule has 1 aliphatic rings. The number of methoxy groups -OCH3 is 1. The van der Waals surface area contributed by atoms with E-state index in [2.05, 4.69) is 0 Å². The summed E-state index contributed by atoms with van der Waals surface area (Å²) in [5.41, 5.74) is 1.78. The Hall–Kier alpha value is -3.52. The van der Waals surface area contributed by atoms with E-state index in [9.17, 15) is 19.8 Å². The van der Waals surface area contributed by atoms with Crippen molar-refractivity contribution in [1.82, 2.24) is 9.80 Å². The van der Waals surface area contributed by atoms with Crippen LogP contribution in [0, 0.1) is 6.92 Å². The van der Waals surface area contributed by atoms with Gasteiger partial charge in [-0.05, 0) is 89.3 Å². The summed E-state index contributed by atoms with van der Waals surface area (Å²) in [5, 5.41) is 21.4. The second-order valence-corrected chi connectivity index (χ2v) is 9.23. The molecular formula is C27H34N2O6. The Bertz CT molecular complexity index is 1140. The van der Waals surface area contributed by atoms with E-state index in [0.29, 0.717) is 29.8 Å². The molecule has 2 aromatic carbocycles. The van der Waals surface area contributed by atoms with E-state index in [1.54, 1.807) is 30.3 Å². The van der Waals surface area contributed by atoms with Crippen molar-refractivity contribution in [3.05, 3.63) is 58.7 Å². The van der Waals surface area contributed by atoms with Gasteiger partial charge in [-0.25, -0.2) is 0 Å². The van der Waals surface area contributed by atoms with Crippen molar-refractivity contribution in [2.45, 2.75) is 39.3 Å². The van der Waals surface area contributed by atoms with Crippen LogP contribution in [0.2, 0.25) is 0 Å². The highest BCUT2D eigenvalue weighted by Crippen LogP contribution is 2.42. The summed E-state index contributed by atoms with van der Waals surface area (Å²) >= 11 is 0. The van der Waals surface area contributed by atoms with Gasteiger partial charge in [0.05, 0.1) is 24.8 Å². The van der Waals surface area contributed by atoms with Gasteiger partial charge in [0.2, 0.25) is 0 Å². The molecule has 0 spiro atoms. The number of likely N-dealkylation sites (tertiary alicyclic amines) is 1. The van der Waals surface area contributed by atoms with Crippen molar-refractivity contribution in [3.8, 4) is 17.2 Å². The summed E-state index contributed by atoms with van der Waals surface area (Å²) in [6.07, 6.45) is 0.636. The maximum Gasteiger partial charge on any atom is 0.295 e. The number of aliphatic hydroxyl groups excluding tert-OH is 1. The molecule has 0 saturated carbocycles. The monoisotopic (exact) mass is 482 g/mol. The normalized spacial score (nSPS) is 17.5. The number of benzene rings is 2. The van der Waals surface area contributed by atoms with E-state index in [1.165, 1.54) is 18.1 Å². The molecule has 0 aromatic heterocycles. The van der Waals surface area contributed by atoms with Crippen molar-refractivity contribution >= 4 is 17.4 Å². The summed E-state index contributed by atoms with van der Waals surface area (Å²) in [4.78, 5) is 29.8. The van der Waals surface area contributed by atoms with Gasteiger partial charge >= 0.3 is 0 Å². The van der Waals surface area contributed by atoms with Gasteiger partial charge in [-0.2, -0.15) is 0 Å². The van der Waals surface area contributed by atoms with Crippen LogP contribution < -0.4 is 9.47 Å². The average Bonchev–Trinajstić information content (AvgIpc) is 3.05. The molecule has 0 radical (unpaired) electrons. The van der Waals surface area contributed by atoms with Gasteiger partial charge in [-0.15, -0.1) is 0 Å². The van der Waals surface area contributed by atoms with Crippen molar-refractivity contribution in [2.24, 2.45) is 0 Å². The van der Waals surface area contributed by atoms with Gasteiger partial charge in [0.15, 0.2) is 11.5 Å². The number of amides is 1. The van der Waals surface area contributed by atoms with Gasteiger partial charge in [0.1, 0.15) is 11.5 Å². The first kappa shape index (κ1) is 26.1. The predicted molar refractivity (Wildman–Crippen MR) is 134 cm³/mol. The zero-order valence-electron chi connectivity index (χ0n) is 21.2. The van der Waals surface area contributed by atoms with Crippen LogP contribution in [0.4, 0.5) is 0 Å². The molecule has 0 bridgehead atoms. The summed E-state index contributed by atoms with van der Waals surface area (Å²) in [6.45, 7) is 6.77. The van der Waals surface area contributed by atoms with Gasteiger partial charge in [-0.3, -0.25) is 9.59 Å². The lowest BCUT2D eigenvalue weighted by Gasteiger charge is -2.26. The first-order valence-corrected chi connectivity index (χ1v) is 11.6. The largest absolute Gasteiger partial charge is 0.507 e. The van der Waals surface area contributed by atoms with Crippen LogP contribution in [0.5, 0.6) is 17.2 Å². The number of phenols is 1. The van der Waals surface area contributed by atoms with Crippen LogP contribution in [-0.4, -0.2) is 72.1 Å². The highest BCUT2D eigenvalue weighted by molar-refractivity contribution is 6.46. The van der Waals surface area contributed by atoms with E-state index in [1.807, 2.05) is 39.8 Å². The molecule has 2 aromatic rings. The lowest BCUT2D eigenvalue weighted by molar-refractivity contribution is -0.139. The van der Waals surface area contributed by atoms with Crippen LogP contribution in [0.1, 0.15) is 43.0 Å². The predicted octanol–water partition coefficient (Wildman–Crippen LogP) is 3.87. The Morgan fingerprint density at radius 1 is 1.11 bits per heavy atom. The Labute approximate surface area is 206 Å². The van der Waals surface area contributed by atoms with E-state index >= 15 is 0 Å². The standard InChI is InChI=1S/C27H34N2O6/c1-16(2)35-21-11-9-19(14-17(21)3)25(31)23-24(18-8-10-20(30)22(15-18)34-6)29(27(33)26(23)32)13-7-12-28(4)5/h8-11,14-16,24,30-31H,7,12-13H2,1-6H3/b25-23-. The first-order chi connectivity index (χ1) is 16.5. The smallest absolute Gasteiger partial charge is 0.295 e. The number of nitrogens with zero attached hydrogens (tertiary/aromatic N) is 2. The number of aromatic hydroxyl groups is 1. The van der Waals surface area contributed by atoms with Gasteiger partial charge in [-0.1, -0.05) is 6.07 Å². The van der Waals surface area contributed by atoms with Crippen LogP contribution in [-0.2, 0) is 9.59 Å². The zero-order valence-corrected chi connectivity index (χ0v) is 21.2. The van der Waals surface area contributed by atoms with E-state index < -0.39 is 17.7 Å². The third kappa shape index (κ3) is 5.59. The Morgan fingerprint density at radius 2 is 1.83 bits per heavy atom. The van der Waals surface area contributed by atoms with Crippen LogP contribution in [0.3, 0.4) is 0 Å². The molecule has 1 amide bonds. The summed E-state index contributed by atoms with van der Waals surface area (Å²) in [6, 6.07) is 9.01. The van der Waals surface area contributed by atoms with Crippen molar-refractivity contribution < 1.29 is 29.3 Å². The molecule has 188 valence electrons. The number of aryl methyl sites for hydroxylation is 1. The summed E-state index contributed by atoms with van der Waals surface area (Å²) < 4.78 is 11.0. The Kier molecular flexibility index (Phi) is 8.07. The van der Waals surface area contributed by atoms with Crippen LogP contribution >= 0.6 is 0 Å². The van der Waals surface area contributed by atoms with Crippen molar-refractivity contribution in [3.63, 3.8) is 0 Å². The number of hydrogen-bond acceptors (Lipinski definition) is 7. The summed E-state index contributed by atoms with van der Waals surface area (Å²) in [5.74, 6) is -0.830. The highest BCUT2D eigenvalue weighted by atomic mass is 16.5. The quantitative estimate of drug-likeness (QED) is 0.318. The number of ketones is 1. The Morgan fingerprint density at radius 3 is 2.43 bits per heavy atom. The minimum Gasteiger partial charge on any atom is -0.507 e. The van der Waals surface area contributed by atoms with Crippen LogP contribution in [0.25, 0.3) is 5.76 Å². The molecule has 8 nitrogen and oxygen atoms in total. The number of Topliss-reactive ketones (excluding diaryl/α,β-unsaturated/α-hetero) is 1. The fraction of sp³-hybridized carbons (Fsp3) is 0.407. The van der Waals surface area contributed by atoms with Gasteiger partial charge in [0.25, 0.3) is 11.7 Å². The number of carbonyl (C=O) groups is 2. The van der Waals surface area contributed by atoms with Crippen molar-refractivity contribution in [1.29, 1.82) is 0 Å². The second-order valence-electron chi connectivity index (χ2n) is 9.23. The number of carbonyl (C=O) groups excluding carboxylic acids is 2. The maximum atomic E-state index is 13.2.